The van der Waals surface area contributed by atoms with Gasteiger partial charge in [0.2, 0.25) is 0 Å². The molecule has 0 N–H and O–H groups in total. The van der Waals surface area contributed by atoms with Gasteiger partial charge in [-0.2, -0.15) is 26.3 Å². The van der Waals surface area contributed by atoms with Crippen LogP contribution in [0.25, 0.3) is 0 Å². The highest BCUT2D eigenvalue weighted by atomic mass is 19.4. The Hall–Kier alpha value is -0.920. The summed E-state index contributed by atoms with van der Waals surface area (Å²) in [5.74, 6) is -2.70. The smallest absolute Gasteiger partial charge is 0.426 e. The van der Waals surface area contributed by atoms with Gasteiger partial charge in [-0.05, 0) is 18.8 Å². The van der Waals surface area contributed by atoms with Gasteiger partial charge < -0.3 is 9.47 Å². The fourth-order valence-corrected chi connectivity index (χ4v) is 4.13. The highest BCUT2D eigenvalue weighted by molar-refractivity contribution is 5.21. The molecule has 3 rings (SSSR count). The van der Waals surface area contributed by atoms with Crippen LogP contribution in [0.1, 0.15) is 12.8 Å². The molecule has 0 spiro atoms. The van der Waals surface area contributed by atoms with E-state index in [-0.39, 0.29) is 12.3 Å². The minimum atomic E-state index is -5.48. The quantitative estimate of drug-likeness (QED) is 0.575. The molecule has 0 amide bonds. The Morgan fingerprint density at radius 1 is 1.10 bits per heavy atom. The Bertz CT molecular complexity index is 415. The molecule has 8 heteroatoms. The van der Waals surface area contributed by atoms with Gasteiger partial charge in [-0.15, -0.1) is 0 Å². The third kappa shape index (κ3) is 1.46. The molecular weight excluding hydrogens is 290 g/mol. The fraction of sp³-hybridized carbons (Fsp3) is 0.833. The van der Waals surface area contributed by atoms with E-state index in [0.29, 0.717) is 6.42 Å². The van der Waals surface area contributed by atoms with Gasteiger partial charge >= 0.3 is 12.4 Å². The number of fused-ring (bicyclic) bond motifs is 5. The van der Waals surface area contributed by atoms with Crippen molar-refractivity contribution in [1.29, 1.82) is 0 Å². The normalized spacial score (nSPS) is 42.0. The SMILES string of the molecule is C=COC1C[C@@H]2C[C@H]1C1C2OC1(C(F)(F)F)C(F)(F)F. The maximum Gasteiger partial charge on any atom is 0.426 e. The standard InChI is InChI=1S/C12H12F6O2/c1-2-19-7-4-5-3-6(7)8-9(5)20-10(8,11(13,14)15)12(16,17)18/h2,5-9H,1,3-4H2/t5-,6+,7?,8?,9?/m0/s1. The van der Waals surface area contributed by atoms with Crippen molar-refractivity contribution < 1.29 is 35.8 Å². The lowest BCUT2D eigenvalue weighted by molar-refractivity contribution is -0.473. The van der Waals surface area contributed by atoms with Gasteiger partial charge in [-0.1, -0.05) is 6.58 Å². The summed E-state index contributed by atoms with van der Waals surface area (Å²) >= 11 is 0. The summed E-state index contributed by atoms with van der Waals surface area (Å²) in [5.41, 5.74) is -4.03. The van der Waals surface area contributed by atoms with E-state index in [4.69, 9.17) is 4.74 Å². The summed E-state index contributed by atoms with van der Waals surface area (Å²) in [4.78, 5) is 0. The van der Waals surface area contributed by atoms with E-state index in [2.05, 4.69) is 11.3 Å². The van der Waals surface area contributed by atoms with Crippen molar-refractivity contribution in [3.8, 4) is 0 Å². The molecule has 5 atom stereocenters. The van der Waals surface area contributed by atoms with Crippen LogP contribution in [0.2, 0.25) is 0 Å². The van der Waals surface area contributed by atoms with Crippen molar-refractivity contribution in [3.05, 3.63) is 12.8 Å². The van der Waals surface area contributed by atoms with E-state index in [1.807, 2.05) is 0 Å². The van der Waals surface area contributed by atoms with Gasteiger partial charge in [0.1, 0.15) is 6.10 Å². The molecule has 2 saturated carbocycles. The highest BCUT2D eigenvalue weighted by Crippen LogP contribution is 2.69. The molecule has 2 nitrogen and oxygen atoms in total. The molecular formula is C12H12F6O2. The zero-order chi connectivity index (χ0) is 14.9. The summed E-state index contributed by atoms with van der Waals surface area (Å²) in [7, 11) is 0. The molecule has 0 radical (unpaired) electrons. The topological polar surface area (TPSA) is 18.5 Å². The van der Waals surface area contributed by atoms with Gasteiger partial charge in [-0.25, -0.2) is 0 Å². The molecule has 1 heterocycles. The van der Waals surface area contributed by atoms with Crippen LogP contribution >= 0.6 is 0 Å². The van der Waals surface area contributed by atoms with Gasteiger partial charge in [0.15, 0.2) is 0 Å². The third-order valence-corrected chi connectivity index (χ3v) is 4.77. The predicted molar refractivity (Wildman–Crippen MR) is 54.5 cm³/mol. The molecule has 0 aromatic heterocycles. The Balaban J connectivity index is 1.96. The van der Waals surface area contributed by atoms with Crippen LogP contribution in [-0.4, -0.2) is 30.2 Å². The molecule has 0 aromatic rings. The second kappa shape index (κ2) is 3.84. The number of halogens is 6. The molecule has 3 fully saturated rings. The van der Waals surface area contributed by atoms with Crippen LogP contribution in [0.4, 0.5) is 26.3 Å². The number of hydrogen-bond acceptors (Lipinski definition) is 2. The summed E-state index contributed by atoms with van der Waals surface area (Å²) in [5, 5.41) is 0. The third-order valence-electron chi connectivity index (χ3n) is 4.77. The second-order valence-corrected chi connectivity index (χ2v) is 5.58. The Morgan fingerprint density at radius 3 is 2.20 bits per heavy atom. The van der Waals surface area contributed by atoms with Gasteiger partial charge in [0.25, 0.3) is 5.60 Å². The average Bonchev–Trinajstić information content (AvgIpc) is 2.67. The zero-order valence-corrected chi connectivity index (χ0v) is 10.2. The van der Waals surface area contributed by atoms with Gasteiger partial charge in [-0.3, -0.25) is 0 Å². The summed E-state index contributed by atoms with van der Waals surface area (Å²) < 4.78 is 87.6. The molecule has 2 aliphatic carbocycles. The lowest BCUT2D eigenvalue weighted by atomic mass is 9.67. The van der Waals surface area contributed by atoms with Crippen LogP contribution in [0.15, 0.2) is 12.8 Å². The van der Waals surface area contributed by atoms with Crippen molar-refractivity contribution in [3.63, 3.8) is 0 Å². The monoisotopic (exact) mass is 302 g/mol. The van der Waals surface area contributed by atoms with Crippen molar-refractivity contribution in [2.24, 2.45) is 17.8 Å². The predicted octanol–water partition coefficient (Wildman–Crippen LogP) is 3.43. The first-order valence-electron chi connectivity index (χ1n) is 6.21. The molecule has 2 bridgehead atoms. The maximum absolute atomic E-state index is 13.0. The highest BCUT2D eigenvalue weighted by Gasteiger charge is 2.87. The number of hydrogen-bond donors (Lipinski definition) is 0. The van der Waals surface area contributed by atoms with E-state index in [0.717, 1.165) is 6.26 Å². The molecule has 3 unspecified atom stereocenters. The molecule has 1 saturated heterocycles. The van der Waals surface area contributed by atoms with Crippen molar-refractivity contribution in [2.45, 2.75) is 43.0 Å². The Labute approximate surface area is 110 Å². The van der Waals surface area contributed by atoms with Gasteiger partial charge in [0, 0.05) is 11.8 Å². The lowest BCUT2D eigenvalue weighted by Gasteiger charge is -2.57. The van der Waals surface area contributed by atoms with E-state index in [1.165, 1.54) is 0 Å². The molecule has 1 aliphatic heterocycles. The largest absolute Gasteiger partial charge is 0.498 e. The van der Waals surface area contributed by atoms with Crippen LogP contribution < -0.4 is 0 Å². The molecule has 3 aliphatic rings. The Kier molecular flexibility index (Phi) is 2.69. The Morgan fingerprint density at radius 2 is 1.70 bits per heavy atom. The molecule has 0 aromatic carbocycles. The number of alkyl halides is 6. The first-order valence-corrected chi connectivity index (χ1v) is 6.21. The van der Waals surface area contributed by atoms with Crippen molar-refractivity contribution in [2.75, 3.05) is 0 Å². The maximum atomic E-state index is 13.0. The van der Waals surface area contributed by atoms with Crippen LogP contribution in [0.3, 0.4) is 0 Å². The van der Waals surface area contributed by atoms with E-state index in [9.17, 15) is 26.3 Å². The number of rotatable bonds is 2. The summed E-state index contributed by atoms with van der Waals surface area (Å²) in [6, 6.07) is 0. The van der Waals surface area contributed by atoms with E-state index < -0.39 is 42.0 Å². The summed E-state index contributed by atoms with van der Waals surface area (Å²) in [6.07, 6.45) is -10.8. The lowest BCUT2D eigenvalue weighted by Crippen LogP contribution is -2.76. The van der Waals surface area contributed by atoms with Crippen molar-refractivity contribution in [1.82, 2.24) is 0 Å². The average molecular weight is 302 g/mol. The molecule has 114 valence electrons. The van der Waals surface area contributed by atoms with E-state index >= 15 is 0 Å². The second-order valence-electron chi connectivity index (χ2n) is 5.58. The fourth-order valence-electron chi connectivity index (χ4n) is 4.13. The first kappa shape index (κ1) is 14.0. The minimum absolute atomic E-state index is 0.280. The van der Waals surface area contributed by atoms with Gasteiger partial charge in [0.05, 0.1) is 12.4 Å². The van der Waals surface area contributed by atoms with E-state index in [1.54, 1.807) is 0 Å². The number of ether oxygens (including phenoxy) is 2. The minimum Gasteiger partial charge on any atom is -0.498 e. The zero-order valence-electron chi connectivity index (χ0n) is 10.2. The van der Waals surface area contributed by atoms with Crippen LogP contribution in [-0.2, 0) is 9.47 Å². The summed E-state index contributed by atoms with van der Waals surface area (Å²) in [6.45, 7) is 3.31. The van der Waals surface area contributed by atoms with Crippen molar-refractivity contribution >= 4 is 0 Å². The van der Waals surface area contributed by atoms with Crippen LogP contribution in [0, 0.1) is 17.8 Å². The first-order chi connectivity index (χ1) is 9.13. The molecule has 20 heavy (non-hydrogen) atoms. The van der Waals surface area contributed by atoms with Crippen LogP contribution in [0.5, 0.6) is 0 Å².